The highest BCUT2D eigenvalue weighted by atomic mass is 35.5. The van der Waals surface area contributed by atoms with E-state index in [-0.39, 0.29) is 5.88 Å². The third kappa shape index (κ3) is 4.45. The molecule has 0 aromatic heterocycles. The van der Waals surface area contributed by atoms with Gasteiger partial charge in [-0.2, -0.15) is 0 Å². The summed E-state index contributed by atoms with van der Waals surface area (Å²) in [5, 5.41) is 0. The van der Waals surface area contributed by atoms with Crippen molar-refractivity contribution in [2.45, 2.75) is 10.4 Å². The minimum atomic E-state index is -1.03. The van der Waals surface area contributed by atoms with E-state index < -0.39 is 16.4 Å². The van der Waals surface area contributed by atoms with Crippen LogP contribution in [0.3, 0.4) is 0 Å². The highest BCUT2D eigenvalue weighted by molar-refractivity contribution is 6.48. The van der Waals surface area contributed by atoms with Crippen molar-refractivity contribution in [3.63, 3.8) is 0 Å². The molecule has 0 aliphatic rings. The van der Waals surface area contributed by atoms with Gasteiger partial charge in [0.25, 0.3) is 0 Å². The molecular formula is C4H4Cl4O2. The largest absolute Gasteiger partial charge is 0.442 e. The maximum atomic E-state index is 10.4. The van der Waals surface area contributed by atoms with Gasteiger partial charge in [-0.05, 0) is 0 Å². The Bertz CT molecular complexity index is 116. The summed E-state index contributed by atoms with van der Waals surface area (Å²) in [6.07, 6.45) is 0. The molecule has 60 valence electrons. The summed E-state index contributed by atoms with van der Waals surface area (Å²) in [5.41, 5.74) is -1.03. The summed E-state index contributed by atoms with van der Waals surface area (Å²) in [5.74, 6) is -0.906. The summed E-state index contributed by atoms with van der Waals surface area (Å²) >= 11 is 20.9. The quantitative estimate of drug-likeness (QED) is 0.544. The molecule has 0 N–H and O–H groups in total. The topological polar surface area (TPSA) is 26.3 Å². The zero-order valence-electron chi connectivity index (χ0n) is 4.69. The lowest BCUT2D eigenvalue weighted by Crippen LogP contribution is -2.19. The Labute approximate surface area is 78.3 Å². The Kier molecular flexibility index (Phi) is 5.64. The fourth-order valence-corrected chi connectivity index (χ4v) is 0.474. The van der Waals surface area contributed by atoms with E-state index >= 15 is 0 Å². The molecule has 0 aliphatic carbocycles. The van der Waals surface area contributed by atoms with Crippen molar-refractivity contribution < 1.29 is 9.53 Å². The van der Waals surface area contributed by atoms with Crippen molar-refractivity contribution in [1.29, 1.82) is 0 Å². The number of esters is 1. The Morgan fingerprint density at radius 3 is 2.20 bits per heavy atom. The first-order valence-electron chi connectivity index (χ1n) is 2.25. The van der Waals surface area contributed by atoms with E-state index in [1.165, 1.54) is 0 Å². The summed E-state index contributed by atoms with van der Waals surface area (Å²) < 4.78 is 4.39. The van der Waals surface area contributed by atoms with Crippen LogP contribution in [0.25, 0.3) is 0 Å². The Hall–Kier alpha value is 0.630. The van der Waals surface area contributed by atoms with Crippen LogP contribution in [-0.2, 0) is 9.53 Å². The first kappa shape index (κ1) is 10.6. The number of rotatable bonds is 3. The van der Waals surface area contributed by atoms with Crippen molar-refractivity contribution in [2.75, 3.05) is 5.88 Å². The van der Waals surface area contributed by atoms with Crippen LogP contribution >= 0.6 is 46.4 Å². The molecule has 0 rings (SSSR count). The predicted molar refractivity (Wildman–Crippen MR) is 41.9 cm³/mol. The first-order valence-corrected chi connectivity index (χ1v) is 4.10. The second-order valence-corrected chi connectivity index (χ2v) is 3.17. The third-order valence-corrected chi connectivity index (χ3v) is 1.83. The fourth-order valence-electron chi connectivity index (χ4n) is 0.209. The SMILES string of the molecule is O=C(CCl)OC(Cl)C(Cl)Cl. The molecule has 1 atom stereocenters. The molecule has 0 fully saturated rings. The molecule has 6 heteroatoms. The third-order valence-electron chi connectivity index (χ3n) is 0.551. The van der Waals surface area contributed by atoms with Gasteiger partial charge in [0.2, 0.25) is 5.56 Å². The number of carbonyl (C=O) groups excluding carboxylic acids is 1. The molecule has 10 heavy (non-hydrogen) atoms. The molecule has 0 spiro atoms. The van der Waals surface area contributed by atoms with E-state index in [0.717, 1.165) is 0 Å². The standard InChI is InChI=1S/C4H4Cl4O2/c5-1-2(9)10-4(8)3(6)7/h3-4H,1H2. The van der Waals surface area contributed by atoms with E-state index in [1.807, 2.05) is 0 Å². The molecule has 0 saturated heterocycles. The van der Waals surface area contributed by atoms with Gasteiger partial charge in [-0.3, -0.25) is 4.79 Å². The second-order valence-electron chi connectivity index (χ2n) is 1.31. The highest BCUT2D eigenvalue weighted by Crippen LogP contribution is 2.15. The highest BCUT2D eigenvalue weighted by Gasteiger charge is 2.17. The van der Waals surface area contributed by atoms with E-state index in [1.54, 1.807) is 0 Å². The molecule has 0 bridgehead atoms. The summed E-state index contributed by atoms with van der Waals surface area (Å²) in [4.78, 5) is 9.43. The Morgan fingerprint density at radius 2 is 1.90 bits per heavy atom. The lowest BCUT2D eigenvalue weighted by atomic mass is 10.7. The maximum Gasteiger partial charge on any atom is 0.322 e. The normalized spacial score (nSPS) is 13.3. The minimum absolute atomic E-state index is 0.260. The van der Waals surface area contributed by atoms with Crippen molar-refractivity contribution in [3.05, 3.63) is 0 Å². The van der Waals surface area contributed by atoms with Gasteiger partial charge in [-0.1, -0.05) is 34.8 Å². The zero-order chi connectivity index (χ0) is 8.15. The Balaban J connectivity index is 3.57. The van der Waals surface area contributed by atoms with Crippen LogP contribution in [-0.4, -0.2) is 22.2 Å². The molecule has 0 heterocycles. The number of carbonyl (C=O) groups is 1. The number of hydrogen-bond donors (Lipinski definition) is 0. The van der Waals surface area contributed by atoms with Crippen LogP contribution in [0.4, 0.5) is 0 Å². The predicted octanol–water partition coefficient (Wildman–Crippen LogP) is 2.14. The van der Waals surface area contributed by atoms with Crippen LogP contribution in [0, 0.1) is 0 Å². The average molecular weight is 226 g/mol. The van der Waals surface area contributed by atoms with Crippen molar-refractivity contribution in [1.82, 2.24) is 0 Å². The zero-order valence-corrected chi connectivity index (χ0v) is 7.71. The monoisotopic (exact) mass is 224 g/mol. The summed E-state index contributed by atoms with van der Waals surface area (Å²) in [6.45, 7) is 0. The maximum absolute atomic E-state index is 10.4. The van der Waals surface area contributed by atoms with E-state index in [0.29, 0.717) is 0 Å². The van der Waals surface area contributed by atoms with Crippen molar-refractivity contribution >= 4 is 52.4 Å². The van der Waals surface area contributed by atoms with Gasteiger partial charge in [0.1, 0.15) is 5.88 Å². The lowest BCUT2D eigenvalue weighted by molar-refractivity contribution is -0.141. The van der Waals surface area contributed by atoms with Gasteiger partial charge < -0.3 is 4.74 Å². The van der Waals surface area contributed by atoms with Gasteiger partial charge in [0.05, 0.1) is 0 Å². The van der Waals surface area contributed by atoms with Gasteiger partial charge >= 0.3 is 5.97 Å². The molecule has 0 aromatic rings. The fraction of sp³-hybridized carbons (Fsp3) is 0.750. The number of halogens is 4. The van der Waals surface area contributed by atoms with Gasteiger partial charge in [-0.25, -0.2) is 0 Å². The summed E-state index contributed by atoms with van der Waals surface area (Å²) in [7, 11) is 0. The van der Waals surface area contributed by atoms with Crippen molar-refractivity contribution in [2.24, 2.45) is 0 Å². The number of alkyl halides is 4. The molecular weight excluding hydrogens is 222 g/mol. The average Bonchev–Trinajstić information content (AvgIpc) is 1.87. The first-order chi connectivity index (χ1) is 4.57. The lowest BCUT2D eigenvalue weighted by Gasteiger charge is -2.09. The molecule has 0 radical (unpaired) electrons. The minimum Gasteiger partial charge on any atom is -0.442 e. The molecule has 0 amide bonds. The molecule has 0 saturated carbocycles. The molecule has 2 nitrogen and oxygen atoms in total. The molecule has 1 unspecified atom stereocenters. The van der Waals surface area contributed by atoms with Crippen LogP contribution < -0.4 is 0 Å². The Morgan fingerprint density at radius 1 is 1.40 bits per heavy atom. The summed E-state index contributed by atoms with van der Waals surface area (Å²) in [6, 6.07) is 0. The van der Waals surface area contributed by atoms with E-state index in [9.17, 15) is 4.79 Å². The molecule has 0 aliphatic heterocycles. The van der Waals surface area contributed by atoms with Gasteiger partial charge in [0.15, 0.2) is 4.84 Å². The van der Waals surface area contributed by atoms with E-state index in [4.69, 9.17) is 46.4 Å². The number of hydrogen-bond acceptors (Lipinski definition) is 2. The van der Waals surface area contributed by atoms with Crippen LogP contribution in [0.1, 0.15) is 0 Å². The van der Waals surface area contributed by atoms with Crippen LogP contribution in [0.15, 0.2) is 0 Å². The smallest absolute Gasteiger partial charge is 0.322 e. The molecule has 0 aromatic carbocycles. The van der Waals surface area contributed by atoms with Crippen LogP contribution in [0.5, 0.6) is 0 Å². The van der Waals surface area contributed by atoms with Crippen molar-refractivity contribution in [3.8, 4) is 0 Å². The van der Waals surface area contributed by atoms with Gasteiger partial charge in [-0.15, -0.1) is 11.6 Å². The number of ether oxygens (including phenoxy) is 1. The second kappa shape index (κ2) is 5.30. The van der Waals surface area contributed by atoms with E-state index in [2.05, 4.69) is 4.74 Å². The van der Waals surface area contributed by atoms with Gasteiger partial charge in [0, 0.05) is 0 Å². The van der Waals surface area contributed by atoms with Crippen LogP contribution in [0.2, 0.25) is 0 Å².